The minimum atomic E-state index is -0.452. The largest absolute Gasteiger partial charge is 0.133 e. The monoisotopic (exact) mass is 296 g/mol. The first-order valence-electron chi connectivity index (χ1n) is 6.19. The molecule has 2 unspecified atom stereocenters. The van der Waals surface area contributed by atoms with Crippen LogP contribution in [0.15, 0.2) is 70.9 Å². The molecule has 0 bridgehead atoms. The molecule has 21 heavy (non-hydrogen) atoms. The molecule has 0 saturated heterocycles. The van der Waals surface area contributed by atoms with Crippen LogP contribution in [0.1, 0.15) is 21.9 Å². The molecule has 0 N–H and O–H groups in total. The first-order valence-corrected chi connectivity index (χ1v) is 7.13. The Labute approximate surface area is 126 Å². The lowest BCUT2D eigenvalue weighted by atomic mass is 10.2. The Morgan fingerprint density at radius 1 is 0.714 bits per heavy atom. The van der Waals surface area contributed by atoms with E-state index >= 15 is 0 Å². The molecule has 2 rings (SSSR count). The van der Waals surface area contributed by atoms with Crippen molar-refractivity contribution in [2.75, 3.05) is 0 Å². The van der Waals surface area contributed by atoms with Gasteiger partial charge >= 0.3 is 0 Å². The van der Waals surface area contributed by atoms with Crippen LogP contribution in [0.4, 0.5) is 0 Å². The summed E-state index contributed by atoms with van der Waals surface area (Å²) in [5, 5.41) is 6.70. The van der Waals surface area contributed by atoms with Crippen LogP contribution in [0, 0.1) is 0 Å². The molecule has 0 aliphatic carbocycles. The number of hydrogen-bond acceptors (Lipinski definition) is 3. The molecule has 0 spiro atoms. The molecule has 2 atom stereocenters. The topological polar surface area (TPSA) is 97.5 Å². The third-order valence-corrected chi connectivity index (χ3v) is 3.99. The lowest BCUT2D eigenvalue weighted by Gasteiger charge is -2.17. The Morgan fingerprint density at radius 2 is 1.10 bits per heavy atom. The molecule has 0 fully saturated rings. The quantitative estimate of drug-likeness (QED) is 0.379. The zero-order valence-corrected chi connectivity index (χ0v) is 11.8. The van der Waals surface area contributed by atoms with Gasteiger partial charge in [0.2, 0.25) is 0 Å². The zero-order chi connectivity index (χ0) is 14.9. The smallest absolute Gasteiger partial charge is 0.109 e. The van der Waals surface area contributed by atoms with Gasteiger partial charge in [-0.05, 0) is 22.2 Å². The molecule has 7 heteroatoms. The predicted octanol–water partition coefficient (Wildman–Crippen LogP) is 5.74. The average molecular weight is 296 g/mol. The van der Waals surface area contributed by atoms with Crippen LogP contribution in [0.2, 0.25) is 0 Å². The molecule has 2 aromatic carbocycles. The lowest BCUT2D eigenvalue weighted by Crippen LogP contribution is -1.95. The van der Waals surface area contributed by atoms with E-state index in [2.05, 4.69) is 20.1 Å². The maximum absolute atomic E-state index is 8.75. The van der Waals surface area contributed by atoms with Gasteiger partial charge in [-0.2, -0.15) is 0 Å². The van der Waals surface area contributed by atoms with Crippen LogP contribution in [0.5, 0.6) is 0 Å². The van der Waals surface area contributed by atoms with Gasteiger partial charge in [0.15, 0.2) is 0 Å². The minimum absolute atomic E-state index is 0.452. The first-order chi connectivity index (χ1) is 10.3. The van der Waals surface area contributed by atoms with E-state index in [0.717, 1.165) is 11.1 Å². The Kier molecular flexibility index (Phi) is 5.55. The van der Waals surface area contributed by atoms with Gasteiger partial charge in [0.05, 0.1) is 0 Å². The van der Waals surface area contributed by atoms with Gasteiger partial charge in [-0.25, -0.2) is 0 Å². The molecule has 6 nitrogen and oxygen atoms in total. The van der Waals surface area contributed by atoms with Crippen LogP contribution in [0.25, 0.3) is 20.9 Å². The maximum atomic E-state index is 8.75. The summed E-state index contributed by atoms with van der Waals surface area (Å²) in [7, 11) is 0. The van der Waals surface area contributed by atoms with E-state index in [9.17, 15) is 0 Å². The van der Waals surface area contributed by atoms with Crippen molar-refractivity contribution in [3.05, 3.63) is 92.7 Å². The van der Waals surface area contributed by atoms with E-state index in [1.807, 2.05) is 60.7 Å². The van der Waals surface area contributed by atoms with Crippen molar-refractivity contribution >= 4 is 11.8 Å². The van der Waals surface area contributed by atoms with Crippen LogP contribution < -0.4 is 0 Å². The molecular weight excluding hydrogens is 284 g/mol. The van der Waals surface area contributed by atoms with Crippen molar-refractivity contribution in [1.29, 1.82) is 0 Å². The SMILES string of the molecule is [N-]=[N+]=NC(SC(N=[N+]=[N-])c1ccccc1)c1ccccc1. The van der Waals surface area contributed by atoms with Crippen molar-refractivity contribution in [2.45, 2.75) is 10.7 Å². The van der Waals surface area contributed by atoms with Gasteiger partial charge in [-0.15, -0.1) is 11.8 Å². The maximum Gasteiger partial charge on any atom is 0.109 e. The van der Waals surface area contributed by atoms with E-state index in [1.165, 1.54) is 11.8 Å². The fraction of sp³-hybridized carbons (Fsp3) is 0.143. The highest BCUT2D eigenvalue weighted by atomic mass is 32.2. The highest BCUT2D eigenvalue weighted by Gasteiger charge is 2.18. The van der Waals surface area contributed by atoms with Crippen LogP contribution in [-0.4, -0.2) is 0 Å². The molecule has 104 valence electrons. The fourth-order valence-electron chi connectivity index (χ4n) is 1.80. The molecular formula is C14H12N6S. The second kappa shape index (κ2) is 7.87. The van der Waals surface area contributed by atoms with E-state index in [4.69, 9.17) is 11.1 Å². The summed E-state index contributed by atoms with van der Waals surface area (Å²) in [5.41, 5.74) is 19.2. The fourth-order valence-corrected chi connectivity index (χ4v) is 2.86. The third-order valence-electron chi connectivity index (χ3n) is 2.74. The highest BCUT2D eigenvalue weighted by molar-refractivity contribution is 7.99. The average Bonchev–Trinajstić information content (AvgIpc) is 2.55. The second-order valence-electron chi connectivity index (χ2n) is 4.07. The number of azide groups is 2. The number of nitrogens with zero attached hydrogens (tertiary/aromatic N) is 6. The van der Waals surface area contributed by atoms with Gasteiger partial charge in [-0.1, -0.05) is 70.9 Å². The third kappa shape index (κ3) is 4.19. The highest BCUT2D eigenvalue weighted by Crippen LogP contribution is 2.42. The molecule has 0 amide bonds. The minimum Gasteiger partial charge on any atom is -0.133 e. The van der Waals surface area contributed by atoms with E-state index in [-0.39, 0.29) is 0 Å². The first kappa shape index (κ1) is 14.8. The Bertz CT molecular complexity index is 603. The van der Waals surface area contributed by atoms with Crippen LogP contribution in [-0.2, 0) is 0 Å². The van der Waals surface area contributed by atoms with Gasteiger partial charge in [0, 0.05) is 9.82 Å². The van der Waals surface area contributed by atoms with Crippen molar-refractivity contribution in [3.63, 3.8) is 0 Å². The summed E-state index contributed by atoms with van der Waals surface area (Å²) in [6.07, 6.45) is 0. The van der Waals surface area contributed by atoms with Crippen molar-refractivity contribution in [3.8, 4) is 0 Å². The van der Waals surface area contributed by atoms with Crippen LogP contribution in [0.3, 0.4) is 0 Å². The zero-order valence-electron chi connectivity index (χ0n) is 11.0. The molecule has 2 aromatic rings. The normalized spacial score (nSPS) is 12.6. The van der Waals surface area contributed by atoms with Crippen molar-refractivity contribution < 1.29 is 0 Å². The summed E-state index contributed by atoms with van der Waals surface area (Å²) in [5.74, 6) is 0. The summed E-state index contributed by atoms with van der Waals surface area (Å²) < 4.78 is 0. The Hall–Kier alpha value is -2.59. The van der Waals surface area contributed by atoms with E-state index in [0.29, 0.717) is 0 Å². The van der Waals surface area contributed by atoms with Gasteiger partial charge < -0.3 is 0 Å². The molecule has 0 heterocycles. The van der Waals surface area contributed by atoms with Gasteiger partial charge in [-0.3, -0.25) is 0 Å². The standard InChI is InChI=1S/C14H12N6S/c15-19-17-13(11-7-3-1-4-8-11)21-14(18-20-16)12-9-5-2-6-10-12/h1-10,13-14H. The molecule has 0 saturated carbocycles. The molecule has 0 aliphatic heterocycles. The lowest BCUT2D eigenvalue weighted by molar-refractivity contribution is 0.954. The number of hydrogen-bond donors (Lipinski definition) is 0. The number of thioether (sulfide) groups is 1. The van der Waals surface area contributed by atoms with E-state index < -0.39 is 10.7 Å². The Balaban J connectivity index is 2.29. The molecule has 0 aromatic heterocycles. The number of rotatable bonds is 6. The summed E-state index contributed by atoms with van der Waals surface area (Å²) >= 11 is 1.30. The summed E-state index contributed by atoms with van der Waals surface area (Å²) in [6.45, 7) is 0. The van der Waals surface area contributed by atoms with Crippen molar-refractivity contribution in [2.24, 2.45) is 10.2 Å². The van der Waals surface area contributed by atoms with E-state index in [1.54, 1.807) is 0 Å². The number of benzene rings is 2. The summed E-state index contributed by atoms with van der Waals surface area (Å²) in [6, 6.07) is 18.8. The van der Waals surface area contributed by atoms with Crippen LogP contribution >= 0.6 is 11.8 Å². The second-order valence-corrected chi connectivity index (χ2v) is 5.24. The summed E-state index contributed by atoms with van der Waals surface area (Å²) in [4.78, 5) is 5.78. The predicted molar refractivity (Wildman–Crippen MR) is 84.2 cm³/mol. The van der Waals surface area contributed by atoms with Gasteiger partial charge in [0.25, 0.3) is 0 Å². The van der Waals surface area contributed by atoms with Crippen molar-refractivity contribution in [1.82, 2.24) is 0 Å². The Morgan fingerprint density at radius 3 is 1.43 bits per heavy atom. The van der Waals surface area contributed by atoms with Gasteiger partial charge in [0.1, 0.15) is 10.7 Å². The molecule has 0 radical (unpaired) electrons. The molecule has 0 aliphatic rings.